The molecule has 0 aliphatic heterocycles. The van der Waals surface area contributed by atoms with Gasteiger partial charge in [-0.3, -0.25) is 9.59 Å². The van der Waals surface area contributed by atoms with Crippen molar-refractivity contribution in [3.05, 3.63) is 35.9 Å². The van der Waals surface area contributed by atoms with Crippen LogP contribution in [0.15, 0.2) is 30.4 Å². The molecule has 0 radical (unpaired) electrons. The van der Waals surface area contributed by atoms with Crippen molar-refractivity contribution in [1.82, 2.24) is 10.2 Å². The molecule has 0 heterocycles. The molecule has 0 saturated carbocycles. The first-order valence-corrected chi connectivity index (χ1v) is 11.4. The molecule has 190 valence electrons. The van der Waals surface area contributed by atoms with E-state index in [1.807, 2.05) is 0 Å². The van der Waals surface area contributed by atoms with Gasteiger partial charge in [0.15, 0.2) is 11.5 Å². The molecule has 34 heavy (non-hydrogen) atoms. The first kappa shape index (κ1) is 29.0. The zero-order valence-electron chi connectivity index (χ0n) is 21.1. The highest BCUT2D eigenvalue weighted by Crippen LogP contribution is 2.28. The van der Waals surface area contributed by atoms with Crippen LogP contribution in [-0.2, 0) is 25.6 Å². The normalized spacial score (nSPS) is 11.9. The Labute approximate surface area is 202 Å². The van der Waals surface area contributed by atoms with E-state index in [-0.39, 0.29) is 24.2 Å². The summed E-state index contributed by atoms with van der Waals surface area (Å²) in [5.41, 5.74) is 0.796. The van der Waals surface area contributed by atoms with E-state index in [0.29, 0.717) is 24.6 Å². The van der Waals surface area contributed by atoms with E-state index in [9.17, 15) is 14.4 Å². The van der Waals surface area contributed by atoms with Gasteiger partial charge in [0.25, 0.3) is 0 Å². The standard InChI is InChI=1S/C25H38N2O7/c1-18(2)11-9-7-8-10-12-23(28)26-16-20-13-14-21(22(15-20)31-6)34-25(30)33-19(3)32-17-24(29)27(4)5/h9,11,13-15,18-19H,7-8,10,12,16-17H2,1-6H3,(H,26,28)/b11-9+. The lowest BCUT2D eigenvalue weighted by atomic mass is 10.1. The molecule has 0 spiro atoms. The molecule has 1 unspecified atom stereocenters. The minimum absolute atomic E-state index is 0.0163. The van der Waals surface area contributed by atoms with E-state index in [4.69, 9.17) is 18.9 Å². The van der Waals surface area contributed by atoms with Crippen molar-refractivity contribution >= 4 is 18.0 Å². The summed E-state index contributed by atoms with van der Waals surface area (Å²) in [5.74, 6) is 0.750. The molecule has 1 atom stereocenters. The van der Waals surface area contributed by atoms with Gasteiger partial charge in [-0.15, -0.1) is 0 Å². The second-order valence-corrected chi connectivity index (χ2v) is 8.32. The fraction of sp³-hybridized carbons (Fsp3) is 0.560. The molecule has 0 aromatic heterocycles. The van der Waals surface area contributed by atoms with Gasteiger partial charge >= 0.3 is 6.16 Å². The van der Waals surface area contributed by atoms with Crippen molar-refractivity contribution in [2.45, 2.75) is 59.3 Å². The number of nitrogens with one attached hydrogen (secondary N) is 1. The van der Waals surface area contributed by atoms with Gasteiger partial charge in [-0.25, -0.2) is 4.79 Å². The fourth-order valence-corrected chi connectivity index (χ4v) is 2.71. The van der Waals surface area contributed by atoms with Crippen LogP contribution in [-0.4, -0.2) is 57.0 Å². The Morgan fingerprint density at radius 2 is 1.82 bits per heavy atom. The molecule has 9 heteroatoms. The lowest BCUT2D eigenvalue weighted by Gasteiger charge is -2.16. The average Bonchev–Trinajstić information content (AvgIpc) is 2.78. The molecule has 2 amide bonds. The van der Waals surface area contributed by atoms with E-state index in [1.165, 1.54) is 18.9 Å². The first-order valence-electron chi connectivity index (χ1n) is 11.4. The van der Waals surface area contributed by atoms with Gasteiger partial charge in [-0.05, 0) is 49.8 Å². The maximum atomic E-state index is 12.1. The van der Waals surface area contributed by atoms with E-state index in [2.05, 4.69) is 31.3 Å². The largest absolute Gasteiger partial charge is 0.516 e. The summed E-state index contributed by atoms with van der Waals surface area (Å²) in [6, 6.07) is 4.96. The molecule has 0 aliphatic rings. The van der Waals surface area contributed by atoms with Crippen LogP contribution in [0.5, 0.6) is 11.5 Å². The highest BCUT2D eigenvalue weighted by molar-refractivity contribution is 5.77. The monoisotopic (exact) mass is 478 g/mol. The Hall–Kier alpha value is -3.07. The number of allylic oxidation sites excluding steroid dienone is 2. The zero-order chi connectivity index (χ0) is 25.5. The third-order valence-electron chi connectivity index (χ3n) is 4.66. The summed E-state index contributed by atoms with van der Waals surface area (Å²) < 4.78 is 20.6. The molecule has 0 bridgehead atoms. The number of hydrogen-bond acceptors (Lipinski definition) is 7. The zero-order valence-corrected chi connectivity index (χ0v) is 21.1. The second-order valence-electron chi connectivity index (χ2n) is 8.32. The van der Waals surface area contributed by atoms with Gasteiger partial charge in [0.1, 0.15) is 6.61 Å². The van der Waals surface area contributed by atoms with Crippen molar-refractivity contribution in [3.63, 3.8) is 0 Å². The molecule has 0 fully saturated rings. The van der Waals surface area contributed by atoms with Crippen LogP contribution in [0.1, 0.15) is 52.0 Å². The van der Waals surface area contributed by atoms with Crippen LogP contribution < -0.4 is 14.8 Å². The predicted molar refractivity (Wildman–Crippen MR) is 129 cm³/mol. The van der Waals surface area contributed by atoms with Crippen molar-refractivity contribution in [3.8, 4) is 11.5 Å². The summed E-state index contributed by atoms with van der Waals surface area (Å²) >= 11 is 0. The summed E-state index contributed by atoms with van der Waals surface area (Å²) in [7, 11) is 4.64. The minimum atomic E-state index is -0.993. The lowest BCUT2D eigenvalue weighted by Crippen LogP contribution is -2.30. The van der Waals surface area contributed by atoms with Gasteiger partial charge in [0.05, 0.1) is 7.11 Å². The highest BCUT2D eigenvalue weighted by atomic mass is 16.8. The summed E-state index contributed by atoms with van der Waals surface area (Å²) in [6.07, 6.45) is 5.62. The number of benzene rings is 1. The molecule has 9 nitrogen and oxygen atoms in total. The molecular weight excluding hydrogens is 440 g/mol. The quantitative estimate of drug-likeness (QED) is 0.141. The van der Waals surface area contributed by atoms with Crippen molar-refractivity contribution in [2.75, 3.05) is 27.8 Å². The van der Waals surface area contributed by atoms with E-state index < -0.39 is 12.4 Å². The van der Waals surface area contributed by atoms with Gasteiger partial charge < -0.3 is 29.2 Å². The minimum Gasteiger partial charge on any atom is -0.493 e. The number of amides is 2. The Morgan fingerprint density at radius 3 is 2.47 bits per heavy atom. The molecule has 0 saturated heterocycles. The van der Waals surface area contributed by atoms with Crippen LogP contribution in [0.25, 0.3) is 0 Å². The SMILES string of the molecule is COc1cc(CNC(=O)CCCC/C=C/C(C)C)ccc1OC(=O)OC(C)OCC(=O)N(C)C. The Morgan fingerprint density at radius 1 is 1.09 bits per heavy atom. The molecule has 1 rings (SSSR count). The Kier molecular flexibility index (Phi) is 13.4. The maximum absolute atomic E-state index is 12.1. The number of methoxy groups -OCH3 is 1. The summed E-state index contributed by atoms with van der Waals surface area (Å²) in [4.78, 5) is 37.0. The summed E-state index contributed by atoms with van der Waals surface area (Å²) in [5, 5.41) is 2.88. The van der Waals surface area contributed by atoms with Crippen LogP contribution in [0.3, 0.4) is 0 Å². The summed E-state index contributed by atoms with van der Waals surface area (Å²) in [6.45, 7) is 5.86. The number of carbonyl (C=O) groups excluding carboxylic acids is 3. The van der Waals surface area contributed by atoms with Crippen LogP contribution in [0.4, 0.5) is 4.79 Å². The lowest BCUT2D eigenvalue weighted by molar-refractivity contribution is -0.147. The third kappa shape index (κ3) is 12.2. The maximum Gasteiger partial charge on any atom is 0.516 e. The van der Waals surface area contributed by atoms with E-state index >= 15 is 0 Å². The Bertz CT molecular complexity index is 821. The van der Waals surface area contributed by atoms with Crippen LogP contribution in [0, 0.1) is 5.92 Å². The van der Waals surface area contributed by atoms with E-state index in [0.717, 1.165) is 24.8 Å². The van der Waals surface area contributed by atoms with Gasteiger partial charge in [0.2, 0.25) is 18.1 Å². The van der Waals surface area contributed by atoms with Crippen molar-refractivity contribution in [2.24, 2.45) is 5.92 Å². The van der Waals surface area contributed by atoms with Crippen LogP contribution in [0.2, 0.25) is 0 Å². The smallest absolute Gasteiger partial charge is 0.493 e. The molecule has 1 aromatic rings. The van der Waals surface area contributed by atoms with Crippen LogP contribution >= 0.6 is 0 Å². The number of ether oxygens (including phenoxy) is 4. The van der Waals surface area contributed by atoms with Gasteiger partial charge in [0, 0.05) is 27.1 Å². The molecule has 0 aliphatic carbocycles. The number of rotatable bonds is 14. The topological polar surface area (TPSA) is 103 Å². The second kappa shape index (κ2) is 15.7. The number of carbonyl (C=O) groups is 3. The average molecular weight is 479 g/mol. The third-order valence-corrected chi connectivity index (χ3v) is 4.66. The predicted octanol–water partition coefficient (Wildman–Crippen LogP) is 4.05. The van der Waals surface area contributed by atoms with Crippen molar-refractivity contribution < 1.29 is 33.3 Å². The number of likely N-dealkylation sites (N-methyl/N-ethyl adjacent to an activating group) is 1. The molecular formula is C25H38N2O7. The molecule has 1 aromatic carbocycles. The highest BCUT2D eigenvalue weighted by Gasteiger charge is 2.17. The van der Waals surface area contributed by atoms with E-state index in [1.54, 1.807) is 32.3 Å². The van der Waals surface area contributed by atoms with Gasteiger partial charge in [-0.1, -0.05) is 32.1 Å². The number of nitrogens with zero attached hydrogens (tertiary/aromatic N) is 1. The van der Waals surface area contributed by atoms with Gasteiger partial charge in [-0.2, -0.15) is 0 Å². The first-order chi connectivity index (χ1) is 16.1. The molecule has 1 N–H and O–H groups in total. The Balaban J connectivity index is 2.46. The number of unbranched alkanes of at least 4 members (excludes halogenated alkanes) is 2. The van der Waals surface area contributed by atoms with Crippen molar-refractivity contribution in [1.29, 1.82) is 0 Å². The fourth-order valence-electron chi connectivity index (χ4n) is 2.71. The number of hydrogen-bond donors (Lipinski definition) is 1.